The summed E-state index contributed by atoms with van der Waals surface area (Å²) in [5, 5.41) is 0. The van der Waals surface area contributed by atoms with E-state index in [2.05, 4.69) is 9.97 Å². The van der Waals surface area contributed by atoms with E-state index < -0.39 is 17.7 Å². The number of esters is 1. The van der Waals surface area contributed by atoms with Crippen molar-refractivity contribution in [1.82, 2.24) is 9.97 Å². The highest BCUT2D eigenvalue weighted by molar-refractivity contribution is 5.94. The largest absolute Gasteiger partial charge is 0.488 e. The second-order valence-electron chi connectivity index (χ2n) is 10.3. The first-order valence-corrected chi connectivity index (χ1v) is 12.9. The maximum absolute atomic E-state index is 13.1. The molecule has 0 unspecified atom stereocenters. The highest BCUT2D eigenvalue weighted by Gasteiger charge is 2.26. The molecule has 0 N–H and O–H groups in total. The van der Waals surface area contributed by atoms with Crippen molar-refractivity contribution in [1.29, 1.82) is 0 Å². The van der Waals surface area contributed by atoms with Crippen molar-refractivity contribution >= 4 is 18.0 Å². The zero-order chi connectivity index (χ0) is 28.7. The standard InChI is InChI=1S/C32H33N3O5/c1-22-10-9-13-24(16-22)20-35(31(37)40-32(2,3)4)30-33-18-26(19-34-30)25-14-15-28(27(17-25)29(36)38-5)39-21-23-11-7-6-8-12-23/h6-19H,20-21H2,1-5H3. The SMILES string of the molecule is COC(=O)c1cc(-c2cnc(N(Cc3cccc(C)c3)C(=O)OC(C)(C)C)nc2)ccc1OCc1ccccc1. The average Bonchev–Trinajstić information content (AvgIpc) is 2.94. The van der Waals surface area contributed by atoms with Gasteiger partial charge in [0.1, 0.15) is 23.5 Å². The van der Waals surface area contributed by atoms with E-state index in [4.69, 9.17) is 14.2 Å². The number of carbonyl (C=O) groups is 2. The Morgan fingerprint density at radius 1 is 0.850 bits per heavy atom. The van der Waals surface area contributed by atoms with Gasteiger partial charge in [0.25, 0.3) is 0 Å². The maximum atomic E-state index is 13.1. The number of amides is 1. The van der Waals surface area contributed by atoms with Crippen molar-refractivity contribution in [3.05, 3.63) is 107 Å². The zero-order valence-electron chi connectivity index (χ0n) is 23.4. The molecule has 3 aromatic carbocycles. The fourth-order valence-corrected chi connectivity index (χ4v) is 3.98. The molecule has 0 saturated carbocycles. The van der Waals surface area contributed by atoms with Crippen molar-refractivity contribution in [2.24, 2.45) is 0 Å². The third-order valence-electron chi connectivity index (χ3n) is 5.87. The molecular formula is C32H33N3O5. The lowest BCUT2D eigenvalue weighted by molar-refractivity contribution is 0.0571. The van der Waals surface area contributed by atoms with E-state index in [1.807, 2.05) is 88.4 Å². The molecule has 0 spiro atoms. The number of hydrogen-bond acceptors (Lipinski definition) is 7. The predicted octanol–water partition coefficient (Wildman–Crippen LogP) is 6.76. The van der Waals surface area contributed by atoms with Gasteiger partial charge in [0.2, 0.25) is 5.95 Å². The third kappa shape index (κ3) is 7.44. The molecule has 40 heavy (non-hydrogen) atoms. The lowest BCUT2D eigenvalue weighted by Gasteiger charge is -2.26. The van der Waals surface area contributed by atoms with E-state index in [-0.39, 0.29) is 18.1 Å². The van der Waals surface area contributed by atoms with Gasteiger partial charge in [-0.2, -0.15) is 0 Å². The molecule has 0 saturated heterocycles. The van der Waals surface area contributed by atoms with E-state index in [1.54, 1.807) is 24.5 Å². The molecule has 1 amide bonds. The summed E-state index contributed by atoms with van der Waals surface area (Å²) < 4.78 is 16.6. The Morgan fingerprint density at radius 3 is 2.20 bits per heavy atom. The molecule has 0 fully saturated rings. The van der Waals surface area contributed by atoms with Crippen LogP contribution in [0, 0.1) is 6.92 Å². The molecule has 0 atom stereocenters. The summed E-state index contributed by atoms with van der Waals surface area (Å²) in [5.74, 6) is 0.0958. The first-order valence-electron chi connectivity index (χ1n) is 12.9. The number of anilines is 1. The van der Waals surface area contributed by atoms with Gasteiger partial charge >= 0.3 is 12.1 Å². The molecule has 0 aliphatic carbocycles. The van der Waals surface area contributed by atoms with Gasteiger partial charge in [-0.05, 0) is 56.5 Å². The number of hydrogen-bond donors (Lipinski definition) is 0. The minimum Gasteiger partial charge on any atom is -0.488 e. The summed E-state index contributed by atoms with van der Waals surface area (Å²) in [5.41, 5.74) is 3.94. The summed E-state index contributed by atoms with van der Waals surface area (Å²) in [7, 11) is 1.33. The van der Waals surface area contributed by atoms with E-state index >= 15 is 0 Å². The molecule has 8 nitrogen and oxygen atoms in total. The van der Waals surface area contributed by atoms with Crippen LogP contribution in [0.2, 0.25) is 0 Å². The molecule has 206 valence electrons. The third-order valence-corrected chi connectivity index (χ3v) is 5.87. The highest BCUT2D eigenvalue weighted by Crippen LogP contribution is 2.28. The molecular weight excluding hydrogens is 506 g/mol. The smallest absolute Gasteiger partial charge is 0.417 e. The number of aromatic nitrogens is 2. The molecule has 0 aliphatic rings. The fraction of sp³-hybridized carbons (Fsp3) is 0.250. The minimum absolute atomic E-state index is 0.204. The van der Waals surface area contributed by atoms with Gasteiger partial charge < -0.3 is 14.2 Å². The van der Waals surface area contributed by atoms with Crippen LogP contribution < -0.4 is 9.64 Å². The fourth-order valence-electron chi connectivity index (χ4n) is 3.98. The molecule has 0 bridgehead atoms. The van der Waals surface area contributed by atoms with Crippen molar-refractivity contribution in [3.8, 4) is 16.9 Å². The Labute approximate surface area is 234 Å². The Balaban J connectivity index is 1.60. The van der Waals surface area contributed by atoms with Crippen LogP contribution >= 0.6 is 0 Å². The molecule has 8 heteroatoms. The quantitative estimate of drug-likeness (QED) is 0.229. The van der Waals surface area contributed by atoms with E-state index in [0.717, 1.165) is 16.7 Å². The molecule has 4 aromatic rings. The molecule has 1 aromatic heterocycles. The highest BCUT2D eigenvalue weighted by atomic mass is 16.6. The first kappa shape index (κ1) is 28.3. The molecule has 0 aliphatic heterocycles. The van der Waals surface area contributed by atoms with Crippen molar-refractivity contribution in [2.45, 2.75) is 46.4 Å². The lowest BCUT2D eigenvalue weighted by Crippen LogP contribution is -2.37. The summed E-state index contributed by atoms with van der Waals surface area (Å²) in [6.45, 7) is 7.98. The number of ether oxygens (including phenoxy) is 3. The lowest BCUT2D eigenvalue weighted by atomic mass is 10.0. The van der Waals surface area contributed by atoms with Gasteiger partial charge in [0, 0.05) is 18.0 Å². The van der Waals surface area contributed by atoms with Crippen molar-refractivity contribution < 1.29 is 23.8 Å². The van der Waals surface area contributed by atoms with E-state index in [0.29, 0.717) is 23.5 Å². The number of benzene rings is 3. The van der Waals surface area contributed by atoms with Crippen LogP contribution in [-0.4, -0.2) is 34.7 Å². The summed E-state index contributed by atoms with van der Waals surface area (Å²) in [4.78, 5) is 36.1. The van der Waals surface area contributed by atoms with Crippen LogP contribution in [0.1, 0.15) is 47.8 Å². The Bertz CT molecular complexity index is 1460. The van der Waals surface area contributed by atoms with Gasteiger partial charge in [-0.15, -0.1) is 0 Å². The number of nitrogens with zero attached hydrogens (tertiary/aromatic N) is 3. The Hall–Kier alpha value is -4.72. The number of aryl methyl sites for hydroxylation is 1. The molecule has 0 radical (unpaired) electrons. The summed E-state index contributed by atoms with van der Waals surface area (Å²) in [6, 6.07) is 22.8. The van der Waals surface area contributed by atoms with Gasteiger partial charge in [-0.3, -0.25) is 0 Å². The van der Waals surface area contributed by atoms with Crippen LogP contribution in [0.4, 0.5) is 10.7 Å². The Morgan fingerprint density at radius 2 is 1.55 bits per heavy atom. The summed E-state index contributed by atoms with van der Waals surface area (Å²) in [6.07, 6.45) is 2.67. The second-order valence-corrected chi connectivity index (χ2v) is 10.3. The number of methoxy groups -OCH3 is 1. The average molecular weight is 540 g/mol. The van der Waals surface area contributed by atoms with Gasteiger partial charge in [-0.25, -0.2) is 24.5 Å². The maximum Gasteiger partial charge on any atom is 0.417 e. The van der Waals surface area contributed by atoms with Crippen LogP contribution in [0.5, 0.6) is 5.75 Å². The predicted molar refractivity (Wildman–Crippen MR) is 153 cm³/mol. The normalized spacial score (nSPS) is 11.0. The van der Waals surface area contributed by atoms with Crippen LogP contribution in [0.3, 0.4) is 0 Å². The minimum atomic E-state index is -0.684. The molecule has 4 rings (SSSR count). The number of carbonyl (C=O) groups excluding carboxylic acids is 2. The van der Waals surface area contributed by atoms with Crippen LogP contribution in [0.25, 0.3) is 11.1 Å². The van der Waals surface area contributed by atoms with Gasteiger partial charge in [-0.1, -0.05) is 66.2 Å². The van der Waals surface area contributed by atoms with Crippen molar-refractivity contribution in [2.75, 3.05) is 12.0 Å². The number of rotatable bonds is 8. The molecule has 1 heterocycles. The van der Waals surface area contributed by atoms with Crippen LogP contribution in [-0.2, 0) is 22.6 Å². The summed E-state index contributed by atoms with van der Waals surface area (Å²) >= 11 is 0. The monoisotopic (exact) mass is 539 g/mol. The van der Waals surface area contributed by atoms with Crippen LogP contribution in [0.15, 0.2) is 85.2 Å². The van der Waals surface area contributed by atoms with E-state index in [9.17, 15) is 9.59 Å². The Kier molecular flexibility index (Phi) is 8.79. The van der Waals surface area contributed by atoms with Gasteiger partial charge in [0.05, 0.1) is 13.7 Å². The second kappa shape index (κ2) is 12.4. The van der Waals surface area contributed by atoms with Crippen molar-refractivity contribution in [3.63, 3.8) is 0 Å². The van der Waals surface area contributed by atoms with E-state index in [1.165, 1.54) is 12.0 Å². The first-order chi connectivity index (χ1) is 19.1. The zero-order valence-corrected chi connectivity index (χ0v) is 23.4. The topological polar surface area (TPSA) is 90.9 Å². The van der Waals surface area contributed by atoms with Gasteiger partial charge in [0.15, 0.2) is 0 Å².